The lowest BCUT2D eigenvalue weighted by Gasteiger charge is -2.33. The molecule has 0 fully saturated rings. The Bertz CT molecular complexity index is 1300. The zero-order valence-corrected chi connectivity index (χ0v) is 20.9. The van der Waals surface area contributed by atoms with Gasteiger partial charge in [0.1, 0.15) is 30.0 Å². The van der Waals surface area contributed by atoms with Crippen molar-refractivity contribution in [2.75, 3.05) is 37.5 Å². The molecule has 1 aliphatic rings. The van der Waals surface area contributed by atoms with E-state index >= 15 is 0 Å². The van der Waals surface area contributed by atoms with Gasteiger partial charge in [0.2, 0.25) is 0 Å². The van der Waals surface area contributed by atoms with Gasteiger partial charge in [0.25, 0.3) is 5.91 Å². The third kappa shape index (κ3) is 5.71. The highest BCUT2D eigenvalue weighted by Gasteiger charge is 2.24. The second kappa shape index (κ2) is 10.9. The highest BCUT2D eigenvalue weighted by molar-refractivity contribution is 6.34. The molecule has 1 atom stereocenters. The summed E-state index contributed by atoms with van der Waals surface area (Å²) in [6.07, 6.45) is -0.424. The third-order valence-corrected chi connectivity index (χ3v) is 6.19. The maximum atomic E-state index is 14.2. The van der Waals surface area contributed by atoms with Crippen LogP contribution in [-0.4, -0.2) is 45.3 Å². The van der Waals surface area contributed by atoms with Gasteiger partial charge in [0.05, 0.1) is 36.5 Å². The van der Waals surface area contributed by atoms with Crippen LogP contribution in [0, 0.1) is 12.7 Å². The maximum absolute atomic E-state index is 14.2. The molecule has 1 N–H and O–H groups in total. The topological polar surface area (TPSA) is 77.1 Å². The quantitative estimate of drug-likeness (QED) is 0.447. The maximum Gasteiger partial charge on any atom is 0.310 e. The van der Waals surface area contributed by atoms with Gasteiger partial charge in [-0.05, 0) is 55.0 Å². The van der Waals surface area contributed by atoms with Crippen molar-refractivity contribution in [2.45, 2.75) is 19.4 Å². The number of likely N-dealkylation sites (N-methyl/N-ethyl adjacent to an activating group) is 1. The molecule has 1 amide bonds. The van der Waals surface area contributed by atoms with Gasteiger partial charge in [0.15, 0.2) is 0 Å². The van der Waals surface area contributed by atoms with Crippen molar-refractivity contribution in [3.63, 3.8) is 0 Å². The van der Waals surface area contributed by atoms with E-state index in [2.05, 4.69) is 15.0 Å². The van der Waals surface area contributed by atoms with E-state index in [0.717, 1.165) is 17.5 Å². The van der Waals surface area contributed by atoms with Crippen molar-refractivity contribution in [3.05, 3.63) is 82.1 Å². The van der Waals surface area contributed by atoms with E-state index in [4.69, 9.17) is 21.1 Å². The van der Waals surface area contributed by atoms with Gasteiger partial charge in [-0.2, -0.15) is 0 Å². The number of rotatable bonds is 7. The SMILES string of the molecule is COC(=O)Cc1cc(NC(=O)c2ccc(OC[C@@H]3CN(C)c4ccccc4O3)cc2C)c(Cl)cc1F. The summed E-state index contributed by atoms with van der Waals surface area (Å²) in [5.74, 6) is -0.260. The molecule has 4 rings (SSSR count). The monoisotopic (exact) mass is 512 g/mol. The number of methoxy groups -OCH3 is 1. The molecule has 0 saturated carbocycles. The fourth-order valence-electron chi connectivity index (χ4n) is 3.99. The Labute approximate surface area is 213 Å². The first-order chi connectivity index (χ1) is 17.2. The fourth-order valence-corrected chi connectivity index (χ4v) is 4.19. The molecule has 0 radical (unpaired) electrons. The molecule has 0 aromatic heterocycles. The smallest absolute Gasteiger partial charge is 0.310 e. The first kappa shape index (κ1) is 25.3. The summed E-state index contributed by atoms with van der Waals surface area (Å²) in [5.41, 5.74) is 2.39. The highest BCUT2D eigenvalue weighted by Crippen LogP contribution is 2.32. The lowest BCUT2D eigenvalue weighted by atomic mass is 10.1. The van der Waals surface area contributed by atoms with Crippen molar-refractivity contribution in [1.82, 2.24) is 0 Å². The molecule has 0 bridgehead atoms. The van der Waals surface area contributed by atoms with E-state index in [1.54, 1.807) is 25.1 Å². The summed E-state index contributed by atoms with van der Waals surface area (Å²) in [4.78, 5) is 26.6. The van der Waals surface area contributed by atoms with Crippen molar-refractivity contribution in [2.24, 2.45) is 0 Å². The zero-order valence-electron chi connectivity index (χ0n) is 20.1. The van der Waals surface area contributed by atoms with Crippen LogP contribution < -0.4 is 19.7 Å². The Morgan fingerprint density at radius 2 is 1.97 bits per heavy atom. The minimum atomic E-state index is -0.655. The number of aryl methyl sites for hydroxylation is 1. The Kier molecular flexibility index (Phi) is 7.64. The number of carbonyl (C=O) groups excluding carboxylic acids is 2. The summed E-state index contributed by atoms with van der Waals surface area (Å²) in [5, 5.41) is 2.71. The predicted octanol–water partition coefficient (Wildman–Crippen LogP) is 5.03. The van der Waals surface area contributed by atoms with Crippen molar-refractivity contribution in [1.29, 1.82) is 0 Å². The Morgan fingerprint density at radius 3 is 2.72 bits per heavy atom. The van der Waals surface area contributed by atoms with Crippen LogP contribution in [0.4, 0.5) is 15.8 Å². The normalized spacial score (nSPS) is 14.5. The van der Waals surface area contributed by atoms with Crippen LogP contribution in [0.3, 0.4) is 0 Å². The molecule has 0 spiro atoms. The summed E-state index contributed by atoms with van der Waals surface area (Å²) >= 11 is 6.12. The molecule has 3 aromatic carbocycles. The number of benzene rings is 3. The van der Waals surface area contributed by atoms with E-state index in [-0.39, 0.29) is 28.8 Å². The lowest BCUT2D eigenvalue weighted by molar-refractivity contribution is -0.139. The van der Waals surface area contributed by atoms with Gasteiger partial charge in [-0.1, -0.05) is 23.7 Å². The molecule has 7 nitrogen and oxygen atoms in total. The summed E-state index contributed by atoms with van der Waals surface area (Å²) in [7, 11) is 3.23. The second-order valence-corrected chi connectivity index (χ2v) is 8.91. The summed E-state index contributed by atoms with van der Waals surface area (Å²) < 4.78 is 30.7. The van der Waals surface area contributed by atoms with Crippen LogP contribution in [0.15, 0.2) is 54.6 Å². The van der Waals surface area contributed by atoms with Crippen molar-refractivity contribution in [3.8, 4) is 11.5 Å². The average Bonchev–Trinajstić information content (AvgIpc) is 2.85. The third-order valence-electron chi connectivity index (χ3n) is 5.87. The van der Waals surface area contributed by atoms with E-state index < -0.39 is 17.7 Å². The molecule has 188 valence electrons. The van der Waals surface area contributed by atoms with Gasteiger partial charge in [0, 0.05) is 18.2 Å². The van der Waals surface area contributed by atoms with Crippen molar-refractivity contribution >= 4 is 34.9 Å². The van der Waals surface area contributed by atoms with Gasteiger partial charge in [-0.25, -0.2) is 4.39 Å². The van der Waals surface area contributed by atoms with E-state index in [9.17, 15) is 14.0 Å². The van der Waals surface area contributed by atoms with E-state index in [0.29, 0.717) is 30.0 Å². The zero-order chi connectivity index (χ0) is 25.8. The molecule has 36 heavy (non-hydrogen) atoms. The molecule has 3 aromatic rings. The summed E-state index contributed by atoms with van der Waals surface area (Å²) in [6.45, 7) is 2.82. The molecule has 0 unspecified atom stereocenters. The van der Waals surface area contributed by atoms with Gasteiger partial charge in [-0.15, -0.1) is 0 Å². The summed E-state index contributed by atoms with van der Waals surface area (Å²) in [6, 6.07) is 15.4. The molecular formula is C27H26ClFN2O5. The van der Waals surface area contributed by atoms with E-state index in [1.165, 1.54) is 13.2 Å². The number of hydrogen-bond acceptors (Lipinski definition) is 6. The van der Waals surface area contributed by atoms with Crippen LogP contribution >= 0.6 is 11.6 Å². The first-order valence-corrected chi connectivity index (χ1v) is 11.7. The number of para-hydroxylation sites is 2. The number of hydrogen-bond donors (Lipinski definition) is 1. The van der Waals surface area contributed by atoms with Gasteiger partial charge in [-0.3, -0.25) is 9.59 Å². The van der Waals surface area contributed by atoms with Gasteiger partial charge < -0.3 is 24.4 Å². The van der Waals surface area contributed by atoms with Crippen LogP contribution in [-0.2, 0) is 16.0 Å². The largest absolute Gasteiger partial charge is 0.490 e. The number of nitrogens with one attached hydrogen (secondary N) is 1. The fraction of sp³-hybridized carbons (Fsp3) is 0.259. The minimum absolute atomic E-state index is 0.0195. The predicted molar refractivity (Wildman–Crippen MR) is 136 cm³/mol. The number of anilines is 2. The van der Waals surface area contributed by atoms with Crippen LogP contribution in [0.1, 0.15) is 21.5 Å². The number of nitrogens with zero attached hydrogens (tertiary/aromatic N) is 1. The van der Waals surface area contributed by atoms with Crippen LogP contribution in [0.2, 0.25) is 5.02 Å². The molecule has 0 aliphatic carbocycles. The van der Waals surface area contributed by atoms with E-state index in [1.807, 2.05) is 31.3 Å². The van der Waals surface area contributed by atoms with Crippen molar-refractivity contribution < 1.29 is 28.2 Å². The molecule has 0 saturated heterocycles. The van der Waals surface area contributed by atoms with Crippen LogP contribution in [0.5, 0.6) is 11.5 Å². The molecule has 1 aliphatic heterocycles. The highest BCUT2D eigenvalue weighted by atomic mass is 35.5. The standard InChI is InChI=1S/C27H26ClFN2O5/c1-16-10-18(35-15-19-14-31(2)24-6-4-5-7-25(24)36-19)8-9-20(16)27(33)30-23-11-17(12-26(32)34-3)22(29)13-21(23)28/h4-11,13,19H,12,14-15H2,1-3H3,(H,30,33)/t19-/m0/s1. The molecule has 9 heteroatoms. The number of halogens is 2. The Balaban J connectivity index is 1.41. The average molecular weight is 513 g/mol. The number of ether oxygens (including phenoxy) is 3. The first-order valence-electron chi connectivity index (χ1n) is 11.3. The second-order valence-electron chi connectivity index (χ2n) is 8.51. The number of amides is 1. The number of carbonyl (C=O) groups is 2. The van der Waals surface area contributed by atoms with Crippen LogP contribution in [0.25, 0.3) is 0 Å². The van der Waals surface area contributed by atoms with Gasteiger partial charge >= 0.3 is 5.97 Å². The molecule has 1 heterocycles. The minimum Gasteiger partial charge on any atom is -0.490 e. The number of fused-ring (bicyclic) bond motifs is 1. The lowest BCUT2D eigenvalue weighted by Crippen LogP contribution is -2.41. The Hall–Kier alpha value is -3.78. The Morgan fingerprint density at radius 1 is 1.19 bits per heavy atom. The number of esters is 1. The molecular weight excluding hydrogens is 487 g/mol.